The Hall–Kier alpha value is -1.65. The van der Waals surface area contributed by atoms with Crippen LogP contribution in [0.15, 0.2) is 36.4 Å². The van der Waals surface area contributed by atoms with Crippen LogP contribution in [-0.4, -0.2) is 30.3 Å². The molecule has 1 rings (SSSR count). The Morgan fingerprint density at radius 3 is 2.75 bits per heavy atom. The predicted molar refractivity (Wildman–Crippen MR) is 61.9 cm³/mol. The fourth-order valence-electron chi connectivity index (χ4n) is 1.08. The first kappa shape index (κ1) is 12.4. The number of carbonyl (C=O) groups is 1. The van der Waals surface area contributed by atoms with Crippen molar-refractivity contribution in [3.05, 3.63) is 42.0 Å². The first-order chi connectivity index (χ1) is 7.70. The van der Waals surface area contributed by atoms with E-state index in [1.165, 1.54) is 0 Å². The van der Waals surface area contributed by atoms with Gasteiger partial charge in [0.2, 0.25) is 0 Å². The summed E-state index contributed by atoms with van der Waals surface area (Å²) in [7, 11) is 0. The highest BCUT2D eigenvalue weighted by molar-refractivity contribution is 5.73. The lowest BCUT2D eigenvalue weighted by molar-refractivity contribution is -0.139. The van der Waals surface area contributed by atoms with E-state index in [1.54, 1.807) is 0 Å². The van der Waals surface area contributed by atoms with Crippen molar-refractivity contribution in [2.75, 3.05) is 13.2 Å². The molecular weight excluding hydrogens is 206 g/mol. The zero-order valence-electron chi connectivity index (χ0n) is 8.87. The van der Waals surface area contributed by atoms with E-state index in [-0.39, 0.29) is 6.61 Å². The molecule has 3 N–H and O–H groups in total. The standard InChI is InChI=1S/C12H15NO3/c13-11(12(14)15)9-16-8-4-7-10-5-2-1-3-6-10/h1-7,11H,8-9,13H2,(H,14,15). The average Bonchev–Trinajstić information content (AvgIpc) is 2.29. The molecule has 1 atom stereocenters. The van der Waals surface area contributed by atoms with Crippen LogP contribution in [-0.2, 0) is 9.53 Å². The van der Waals surface area contributed by atoms with Crippen molar-refractivity contribution in [2.24, 2.45) is 5.73 Å². The van der Waals surface area contributed by atoms with Crippen molar-refractivity contribution < 1.29 is 14.6 Å². The molecule has 16 heavy (non-hydrogen) atoms. The maximum absolute atomic E-state index is 10.4. The lowest BCUT2D eigenvalue weighted by atomic mass is 10.2. The largest absolute Gasteiger partial charge is 0.480 e. The smallest absolute Gasteiger partial charge is 0.322 e. The number of carboxylic acids is 1. The molecule has 0 spiro atoms. The molecule has 0 fully saturated rings. The monoisotopic (exact) mass is 221 g/mol. The van der Waals surface area contributed by atoms with Gasteiger partial charge < -0.3 is 15.6 Å². The lowest BCUT2D eigenvalue weighted by Gasteiger charge is -2.05. The van der Waals surface area contributed by atoms with Crippen LogP contribution in [0.4, 0.5) is 0 Å². The second-order valence-corrected chi connectivity index (χ2v) is 3.30. The Morgan fingerprint density at radius 2 is 2.12 bits per heavy atom. The fraction of sp³-hybridized carbons (Fsp3) is 0.250. The van der Waals surface area contributed by atoms with Gasteiger partial charge in [-0.2, -0.15) is 0 Å². The summed E-state index contributed by atoms with van der Waals surface area (Å²) in [5, 5.41) is 8.49. The SMILES string of the molecule is NC(COCC=Cc1ccccc1)C(=O)O. The number of hydrogen-bond acceptors (Lipinski definition) is 3. The molecule has 1 unspecified atom stereocenters. The van der Waals surface area contributed by atoms with Gasteiger partial charge in [-0.05, 0) is 5.56 Å². The van der Waals surface area contributed by atoms with Crippen molar-refractivity contribution in [1.82, 2.24) is 0 Å². The van der Waals surface area contributed by atoms with E-state index >= 15 is 0 Å². The highest BCUT2D eigenvalue weighted by atomic mass is 16.5. The quantitative estimate of drug-likeness (QED) is 0.706. The van der Waals surface area contributed by atoms with Crippen molar-refractivity contribution in [3.8, 4) is 0 Å². The molecule has 0 saturated heterocycles. The van der Waals surface area contributed by atoms with E-state index in [0.29, 0.717) is 6.61 Å². The van der Waals surface area contributed by atoms with Crippen LogP contribution in [0, 0.1) is 0 Å². The molecule has 0 aliphatic rings. The van der Waals surface area contributed by atoms with Crippen LogP contribution in [0.25, 0.3) is 6.08 Å². The second kappa shape index (κ2) is 6.76. The van der Waals surface area contributed by atoms with Gasteiger partial charge in [0.05, 0.1) is 13.2 Å². The summed E-state index contributed by atoms with van der Waals surface area (Å²) in [6.45, 7) is 0.379. The van der Waals surface area contributed by atoms with Gasteiger partial charge in [0.1, 0.15) is 6.04 Å². The Morgan fingerprint density at radius 1 is 1.44 bits per heavy atom. The topological polar surface area (TPSA) is 72.5 Å². The summed E-state index contributed by atoms with van der Waals surface area (Å²) < 4.78 is 5.09. The number of benzene rings is 1. The van der Waals surface area contributed by atoms with Crippen molar-refractivity contribution in [2.45, 2.75) is 6.04 Å². The minimum Gasteiger partial charge on any atom is -0.480 e. The maximum atomic E-state index is 10.4. The van der Waals surface area contributed by atoms with Crippen LogP contribution in [0.5, 0.6) is 0 Å². The van der Waals surface area contributed by atoms with Gasteiger partial charge >= 0.3 is 5.97 Å². The van der Waals surface area contributed by atoms with E-state index in [1.807, 2.05) is 42.5 Å². The molecule has 0 aliphatic carbocycles. The summed E-state index contributed by atoms with van der Waals surface area (Å²) in [5.74, 6) is -1.05. The number of hydrogen-bond donors (Lipinski definition) is 2. The highest BCUT2D eigenvalue weighted by Gasteiger charge is 2.09. The molecule has 0 heterocycles. The van der Waals surface area contributed by atoms with Crippen LogP contribution in [0.3, 0.4) is 0 Å². The van der Waals surface area contributed by atoms with Crippen LogP contribution >= 0.6 is 0 Å². The van der Waals surface area contributed by atoms with Crippen LogP contribution in [0.1, 0.15) is 5.56 Å². The van der Waals surface area contributed by atoms with Gasteiger partial charge in [-0.3, -0.25) is 4.79 Å². The molecule has 4 nitrogen and oxygen atoms in total. The number of ether oxygens (including phenoxy) is 1. The summed E-state index contributed by atoms with van der Waals surface area (Å²) in [4.78, 5) is 10.4. The van der Waals surface area contributed by atoms with Gasteiger partial charge in [0.15, 0.2) is 0 Å². The third-order valence-corrected chi connectivity index (χ3v) is 1.94. The molecule has 0 aliphatic heterocycles. The van der Waals surface area contributed by atoms with Gasteiger partial charge in [-0.15, -0.1) is 0 Å². The van der Waals surface area contributed by atoms with E-state index in [0.717, 1.165) is 5.56 Å². The van der Waals surface area contributed by atoms with Gasteiger partial charge in [0, 0.05) is 0 Å². The second-order valence-electron chi connectivity index (χ2n) is 3.30. The van der Waals surface area contributed by atoms with Crippen molar-refractivity contribution >= 4 is 12.0 Å². The van der Waals surface area contributed by atoms with Gasteiger partial charge in [0.25, 0.3) is 0 Å². The zero-order valence-corrected chi connectivity index (χ0v) is 8.87. The molecule has 1 aromatic rings. The molecule has 1 aromatic carbocycles. The molecule has 4 heteroatoms. The Labute approximate surface area is 94.3 Å². The summed E-state index contributed by atoms with van der Waals surface area (Å²) in [5.41, 5.74) is 6.34. The van der Waals surface area contributed by atoms with Gasteiger partial charge in [-0.1, -0.05) is 42.5 Å². The van der Waals surface area contributed by atoms with Crippen LogP contribution in [0.2, 0.25) is 0 Å². The molecule has 0 saturated carbocycles. The fourth-order valence-corrected chi connectivity index (χ4v) is 1.08. The number of rotatable bonds is 6. The highest BCUT2D eigenvalue weighted by Crippen LogP contribution is 2.00. The average molecular weight is 221 g/mol. The third-order valence-electron chi connectivity index (χ3n) is 1.94. The lowest BCUT2D eigenvalue weighted by Crippen LogP contribution is -2.34. The van der Waals surface area contributed by atoms with Gasteiger partial charge in [-0.25, -0.2) is 0 Å². The van der Waals surface area contributed by atoms with E-state index in [4.69, 9.17) is 15.6 Å². The predicted octanol–water partition coefficient (Wildman–Crippen LogP) is 1.13. The number of aliphatic carboxylic acids is 1. The molecular formula is C12H15NO3. The number of carboxylic acid groups (broad SMARTS) is 1. The number of nitrogens with two attached hydrogens (primary N) is 1. The Kier molecular flexibility index (Phi) is 5.25. The third kappa shape index (κ3) is 4.72. The first-order valence-electron chi connectivity index (χ1n) is 4.98. The van der Waals surface area contributed by atoms with Crippen molar-refractivity contribution in [1.29, 1.82) is 0 Å². The molecule has 0 amide bonds. The summed E-state index contributed by atoms with van der Waals surface area (Å²) >= 11 is 0. The molecule has 0 bridgehead atoms. The summed E-state index contributed by atoms with van der Waals surface area (Å²) in [6, 6.07) is 8.82. The normalized spacial score (nSPS) is 12.8. The molecule has 86 valence electrons. The van der Waals surface area contributed by atoms with E-state index in [2.05, 4.69) is 0 Å². The molecule has 0 aromatic heterocycles. The Balaban J connectivity index is 2.21. The summed E-state index contributed by atoms with van der Waals surface area (Å²) in [6.07, 6.45) is 3.73. The molecule has 0 radical (unpaired) electrons. The van der Waals surface area contributed by atoms with Crippen molar-refractivity contribution in [3.63, 3.8) is 0 Å². The minimum absolute atomic E-state index is 0.0223. The zero-order chi connectivity index (χ0) is 11.8. The van der Waals surface area contributed by atoms with Crippen LogP contribution < -0.4 is 5.73 Å². The first-order valence-corrected chi connectivity index (χ1v) is 4.98. The van der Waals surface area contributed by atoms with E-state index in [9.17, 15) is 4.79 Å². The Bertz CT molecular complexity index is 349. The van der Waals surface area contributed by atoms with E-state index < -0.39 is 12.0 Å². The maximum Gasteiger partial charge on any atom is 0.322 e. The minimum atomic E-state index is -1.05.